The summed E-state index contributed by atoms with van der Waals surface area (Å²) in [4.78, 5) is 21.1. The molecule has 0 unspecified atom stereocenters. The molecule has 0 spiro atoms. The van der Waals surface area contributed by atoms with Crippen molar-refractivity contribution < 1.29 is 4.79 Å². The molecule has 5 aromatic carbocycles. The number of aryl methyl sites for hydroxylation is 2. The number of aliphatic imine (C=N–C) groups is 1. The number of fused-ring (bicyclic) bond motifs is 2. The molecule has 36 heavy (non-hydrogen) atoms. The first-order valence-electron chi connectivity index (χ1n) is 11.9. The number of hydrogen-bond acceptors (Lipinski definition) is 3. The van der Waals surface area contributed by atoms with E-state index in [0.717, 1.165) is 44.0 Å². The molecule has 1 amide bonds. The third-order valence-electron chi connectivity index (χ3n) is 6.45. The van der Waals surface area contributed by atoms with Crippen molar-refractivity contribution in [2.45, 2.75) is 13.8 Å². The highest BCUT2D eigenvalue weighted by Crippen LogP contribution is 2.39. The summed E-state index contributed by atoms with van der Waals surface area (Å²) < 4.78 is 0. The molecule has 1 fully saturated rings. The first-order chi connectivity index (χ1) is 17.6. The van der Waals surface area contributed by atoms with Gasteiger partial charge in [-0.25, -0.2) is 4.99 Å². The molecule has 6 rings (SSSR count). The van der Waals surface area contributed by atoms with Crippen LogP contribution in [-0.2, 0) is 4.79 Å². The fourth-order valence-electron chi connectivity index (χ4n) is 4.54. The Labute approximate surface area is 214 Å². The third kappa shape index (κ3) is 4.10. The standard InChI is InChI=1S/C32H24N2OS/c1-21-11-15-25(16-12-21)33-32-34(26-17-13-22(2)14-18-26)31(35)30(36-32)20-29-27-9-5-3-7-23(27)19-24-8-4-6-10-28(24)29/h3-20H,1-2H3/b30-20+,33-32?. The highest BCUT2D eigenvalue weighted by molar-refractivity contribution is 8.19. The Morgan fingerprint density at radius 2 is 1.28 bits per heavy atom. The Morgan fingerprint density at radius 3 is 1.89 bits per heavy atom. The van der Waals surface area contributed by atoms with Gasteiger partial charge in [0.15, 0.2) is 5.17 Å². The van der Waals surface area contributed by atoms with Gasteiger partial charge in [0.1, 0.15) is 0 Å². The number of hydrogen-bond donors (Lipinski definition) is 0. The molecule has 3 nitrogen and oxygen atoms in total. The fraction of sp³-hybridized carbons (Fsp3) is 0.0625. The Morgan fingerprint density at radius 1 is 0.722 bits per heavy atom. The van der Waals surface area contributed by atoms with Gasteiger partial charge in [-0.3, -0.25) is 9.69 Å². The van der Waals surface area contributed by atoms with Gasteiger partial charge in [0.2, 0.25) is 0 Å². The lowest BCUT2D eigenvalue weighted by Crippen LogP contribution is -2.28. The van der Waals surface area contributed by atoms with Crippen molar-refractivity contribution in [1.82, 2.24) is 0 Å². The molecule has 1 heterocycles. The molecule has 5 aromatic rings. The van der Waals surface area contributed by atoms with Crippen LogP contribution in [0.5, 0.6) is 0 Å². The van der Waals surface area contributed by atoms with Crippen LogP contribution in [0.2, 0.25) is 0 Å². The zero-order valence-electron chi connectivity index (χ0n) is 20.1. The Bertz CT molecular complexity index is 1630. The van der Waals surface area contributed by atoms with Gasteiger partial charge in [-0.05, 0) is 89.1 Å². The largest absolute Gasteiger partial charge is 0.271 e. The van der Waals surface area contributed by atoms with Crippen LogP contribution < -0.4 is 4.90 Å². The zero-order valence-corrected chi connectivity index (χ0v) is 20.9. The van der Waals surface area contributed by atoms with E-state index >= 15 is 0 Å². The van der Waals surface area contributed by atoms with Gasteiger partial charge in [0.05, 0.1) is 16.3 Å². The first kappa shape index (κ1) is 22.3. The second kappa shape index (κ2) is 9.14. The number of thioether (sulfide) groups is 1. The number of rotatable bonds is 3. The van der Waals surface area contributed by atoms with E-state index in [9.17, 15) is 4.79 Å². The van der Waals surface area contributed by atoms with E-state index in [1.807, 2.05) is 73.7 Å². The normalized spacial score (nSPS) is 16.1. The molecule has 1 aliphatic rings. The van der Waals surface area contributed by atoms with E-state index in [4.69, 9.17) is 4.99 Å². The van der Waals surface area contributed by atoms with Crippen LogP contribution in [-0.4, -0.2) is 11.1 Å². The predicted molar refractivity (Wildman–Crippen MR) is 154 cm³/mol. The molecular formula is C32H24N2OS. The van der Waals surface area contributed by atoms with Crippen LogP contribution in [0.4, 0.5) is 11.4 Å². The lowest BCUT2D eigenvalue weighted by Gasteiger charge is -2.16. The number of amidine groups is 1. The summed E-state index contributed by atoms with van der Waals surface area (Å²) in [6.07, 6.45) is 2.04. The van der Waals surface area contributed by atoms with E-state index in [2.05, 4.69) is 49.4 Å². The number of nitrogens with zero attached hydrogens (tertiary/aromatic N) is 2. The fourth-order valence-corrected chi connectivity index (χ4v) is 5.52. The summed E-state index contributed by atoms with van der Waals surface area (Å²) in [5, 5.41) is 5.22. The van der Waals surface area contributed by atoms with Crippen LogP contribution in [0.1, 0.15) is 16.7 Å². The molecule has 0 aliphatic carbocycles. The quantitative estimate of drug-likeness (QED) is 0.190. The molecule has 4 heteroatoms. The minimum atomic E-state index is -0.0632. The van der Waals surface area contributed by atoms with Gasteiger partial charge in [0, 0.05) is 0 Å². The highest BCUT2D eigenvalue weighted by Gasteiger charge is 2.35. The van der Waals surface area contributed by atoms with E-state index in [-0.39, 0.29) is 5.91 Å². The van der Waals surface area contributed by atoms with Gasteiger partial charge >= 0.3 is 0 Å². The molecule has 0 atom stereocenters. The number of carbonyl (C=O) groups is 1. The number of benzene rings is 5. The summed E-state index contributed by atoms with van der Waals surface area (Å²) in [7, 11) is 0. The van der Waals surface area contributed by atoms with E-state index in [0.29, 0.717) is 10.1 Å². The molecule has 0 aromatic heterocycles. The van der Waals surface area contributed by atoms with E-state index < -0.39 is 0 Å². The number of amides is 1. The molecule has 0 N–H and O–H groups in total. The topological polar surface area (TPSA) is 32.7 Å². The van der Waals surface area contributed by atoms with Gasteiger partial charge in [-0.1, -0.05) is 83.9 Å². The van der Waals surface area contributed by atoms with Gasteiger partial charge in [-0.15, -0.1) is 0 Å². The van der Waals surface area contributed by atoms with Crippen molar-refractivity contribution in [2.24, 2.45) is 4.99 Å². The number of carbonyl (C=O) groups excluding carboxylic acids is 1. The maximum absolute atomic E-state index is 13.9. The third-order valence-corrected chi connectivity index (χ3v) is 7.41. The lowest BCUT2D eigenvalue weighted by atomic mass is 9.96. The van der Waals surface area contributed by atoms with Crippen molar-refractivity contribution in [2.75, 3.05) is 4.90 Å². The summed E-state index contributed by atoms with van der Waals surface area (Å²) in [5.41, 5.74) is 5.01. The van der Waals surface area contributed by atoms with Crippen LogP contribution in [0.3, 0.4) is 0 Å². The lowest BCUT2D eigenvalue weighted by molar-refractivity contribution is -0.113. The van der Waals surface area contributed by atoms with Crippen molar-refractivity contribution in [3.63, 3.8) is 0 Å². The molecule has 1 aliphatic heterocycles. The van der Waals surface area contributed by atoms with Crippen molar-refractivity contribution in [3.05, 3.63) is 125 Å². The molecule has 1 saturated heterocycles. The highest BCUT2D eigenvalue weighted by atomic mass is 32.2. The Hall–Kier alpha value is -4.15. The van der Waals surface area contributed by atoms with Gasteiger partial charge in [-0.2, -0.15) is 0 Å². The monoisotopic (exact) mass is 484 g/mol. The van der Waals surface area contributed by atoms with Crippen molar-refractivity contribution in [3.8, 4) is 0 Å². The van der Waals surface area contributed by atoms with Crippen molar-refractivity contribution in [1.29, 1.82) is 0 Å². The Balaban J connectivity index is 1.53. The summed E-state index contributed by atoms with van der Waals surface area (Å²) in [6, 6.07) is 35.0. The van der Waals surface area contributed by atoms with Crippen LogP contribution in [0, 0.1) is 13.8 Å². The molecule has 0 radical (unpaired) electrons. The maximum atomic E-state index is 13.9. The predicted octanol–water partition coefficient (Wildman–Crippen LogP) is 8.42. The molecule has 0 bridgehead atoms. The van der Waals surface area contributed by atoms with Gasteiger partial charge in [0.25, 0.3) is 5.91 Å². The second-order valence-electron chi connectivity index (χ2n) is 9.05. The summed E-state index contributed by atoms with van der Waals surface area (Å²) >= 11 is 1.42. The van der Waals surface area contributed by atoms with Crippen molar-refractivity contribution >= 4 is 61.8 Å². The first-order valence-corrected chi connectivity index (χ1v) is 12.7. The Kier molecular flexibility index (Phi) is 5.67. The smallest absolute Gasteiger partial charge is 0.268 e. The second-order valence-corrected chi connectivity index (χ2v) is 10.1. The SMILES string of the molecule is Cc1ccc(N=C2S/C(=C/c3c4ccccc4cc4ccccc34)C(=O)N2c2ccc(C)cc2)cc1. The average molecular weight is 485 g/mol. The van der Waals surface area contributed by atoms with Crippen LogP contribution >= 0.6 is 11.8 Å². The molecular weight excluding hydrogens is 460 g/mol. The molecule has 0 saturated carbocycles. The zero-order chi connectivity index (χ0) is 24.6. The summed E-state index contributed by atoms with van der Waals surface area (Å²) in [6.45, 7) is 4.10. The maximum Gasteiger partial charge on any atom is 0.271 e. The van der Waals surface area contributed by atoms with Crippen LogP contribution in [0.25, 0.3) is 27.6 Å². The minimum absolute atomic E-state index is 0.0632. The minimum Gasteiger partial charge on any atom is -0.268 e. The van der Waals surface area contributed by atoms with Crippen LogP contribution in [0.15, 0.2) is 113 Å². The van der Waals surface area contributed by atoms with Gasteiger partial charge < -0.3 is 0 Å². The number of anilines is 1. The van der Waals surface area contributed by atoms with E-state index in [1.165, 1.54) is 17.3 Å². The summed E-state index contributed by atoms with van der Waals surface area (Å²) in [5.74, 6) is -0.0632. The molecule has 174 valence electrons. The van der Waals surface area contributed by atoms with E-state index in [1.54, 1.807) is 4.90 Å². The average Bonchev–Trinajstić information content (AvgIpc) is 3.20.